The molecule has 7 nitrogen and oxygen atoms in total. The van der Waals surface area contributed by atoms with E-state index in [-0.39, 0.29) is 16.9 Å². The molecule has 0 aliphatic carbocycles. The molecule has 3 rings (SSSR count). The summed E-state index contributed by atoms with van der Waals surface area (Å²) in [7, 11) is 0. The standard InChI is InChI=1S/C14H12F3N5O2/c15-14(16,17)13-19-12(20-24-13)10-2-6-22(11(23)8-10)5-1-4-21-7-3-18-9-21/h2-3,6-9H,1,4-5H2. The van der Waals surface area contributed by atoms with E-state index in [1.165, 1.54) is 22.9 Å². The summed E-state index contributed by atoms with van der Waals surface area (Å²) in [5, 5.41) is 3.26. The summed E-state index contributed by atoms with van der Waals surface area (Å²) in [4.78, 5) is 19.2. The Bertz CT molecular complexity index is 867. The Balaban J connectivity index is 1.70. The average Bonchev–Trinajstić information content (AvgIpc) is 3.19. The zero-order chi connectivity index (χ0) is 17.2. The van der Waals surface area contributed by atoms with Crippen LogP contribution >= 0.6 is 0 Å². The Labute approximate surface area is 133 Å². The van der Waals surface area contributed by atoms with Gasteiger partial charge in [-0.15, -0.1) is 0 Å². The molecule has 0 atom stereocenters. The van der Waals surface area contributed by atoms with Gasteiger partial charge in [-0.05, 0) is 12.5 Å². The van der Waals surface area contributed by atoms with Crippen molar-refractivity contribution in [2.24, 2.45) is 0 Å². The summed E-state index contributed by atoms with van der Waals surface area (Å²) in [6, 6.07) is 2.66. The number of imidazole rings is 1. The van der Waals surface area contributed by atoms with Crippen LogP contribution in [0, 0.1) is 0 Å². The van der Waals surface area contributed by atoms with Gasteiger partial charge in [0.1, 0.15) is 0 Å². The number of hydrogen-bond donors (Lipinski definition) is 0. The highest BCUT2D eigenvalue weighted by Crippen LogP contribution is 2.28. The first-order valence-electron chi connectivity index (χ1n) is 7.01. The van der Waals surface area contributed by atoms with Crippen molar-refractivity contribution < 1.29 is 17.7 Å². The topological polar surface area (TPSA) is 78.7 Å². The second-order valence-corrected chi connectivity index (χ2v) is 5.02. The molecule has 0 saturated heterocycles. The fourth-order valence-electron chi connectivity index (χ4n) is 2.13. The summed E-state index contributed by atoms with van der Waals surface area (Å²) >= 11 is 0. The maximum absolute atomic E-state index is 12.4. The van der Waals surface area contributed by atoms with E-state index in [4.69, 9.17) is 0 Å². The fraction of sp³-hybridized carbons (Fsp3) is 0.286. The Morgan fingerprint density at radius 1 is 1.21 bits per heavy atom. The molecule has 3 heterocycles. The van der Waals surface area contributed by atoms with Gasteiger partial charge in [0, 0.05) is 43.3 Å². The van der Waals surface area contributed by atoms with Crippen molar-refractivity contribution in [3.63, 3.8) is 0 Å². The number of aromatic nitrogens is 5. The number of hydrogen-bond acceptors (Lipinski definition) is 5. The van der Waals surface area contributed by atoms with E-state index in [2.05, 4.69) is 19.6 Å². The van der Waals surface area contributed by atoms with Crippen molar-refractivity contribution in [3.8, 4) is 11.4 Å². The molecular formula is C14H12F3N5O2. The van der Waals surface area contributed by atoms with Gasteiger partial charge in [0.2, 0.25) is 5.82 Å². The first-order chi connectivity index (χ1) is 11.4. The van der Waals surface area contributed by atoms with Gasteiger partial charge in [-0.2, -0.15) is 18.2 Å². The second-order valence-electron chi connectivity index (χ2n) is 5.02. The molecule has 3 aromatic heterocycles. The highest BCUT2D eigenvalue weighted by Gasteiger charge is 2.38. The lowest BCUT2D eigenvalue weighted by Crippen LogP contribution is -2.19. The van der Waals surface area contributed by atoms with Gasteiger partial charge in [-0.3, -0.25) is 4.79 Å². The van der Waals surface area contributed by atoms with Crippen molar-refractivity contribution >= 4 is 0 Å². The molecule has 0 saturated carbocycles. The molecule has 0 unspecified atom stereocenters. The summed E-state index contributed by atoms with van der Waals surface area (Å²) in [5.74, 6) is -1.72. The van der Waals surface area contributed by atoms with Crippen LogP contribution in [0.5, 0.6) is 0 Å². The molecule has 3 aromatic rings. The van der Waals surface area contributed by atoms with Gasteiger partial charge in [-0.1, -0.05) is 5.16 Å². The monoisotopic (exact) mass is 339 g/mol. The molecule has 0 aliphatic rings. The fourth-order valence-corrected chi connectivity index (χ4v) is 2.13. The van der Waals surface area contributed by atoms with E-state index in [1.807, 2.05) is 10.8 Å². The molecule has 0 fully saturated rings. The number of rotatable bonds is 5. The molecule has 10 heteroatoms. The molecule has 0 aliphatic heterocycles. The molecule has 0 aromatic carbocycles. The lowest BCUT2D eigenvalue weighted by atomic mass is 10.2. The summed E-state index contributed by atoms with van der Waals surface area (Å²) in [5.41, 5.74) is -0.179. The van der Waals surface area contributed by atoms with E-state index in [9.17, 15) is 18.0 Å². The van der Waals surface area contributed by atoms with Gasteiger partial charge in [0.05, 0.1) is 6.33 Å². The third kappa shape index (κ3) is 3.53. The number of aryl methyl sites for hydroxylation is 2. The number of pyridine rings is 1. The van der Waals surface area contributed by atoms with Crippen molar-refractivity contribution in [3.05, 3.63) is 53.3 Å². The molecular weight excluding hydrogens is 327 g/mol. The van der Waals surface area contributed by atoms with Crippen molar-refractivity contribution in [2.45, 2.75) is 25.7 Å². The summed E-state index contributed by atoms with van der Waals surface area (Å²) in [6.07, 6.45) is 2.65. The largest absolute Gasteiger partial charge is 0.471 e. The number of nitrogens with zero attached hydrogens (tertiary/aromatic N) is 5. The van der Waals surface area contributed by atoms with Crippen LogP contribution in [-0.2, 0) is 19.3 Å². The summed E-state index contributed by atoms with van der Waals surface area (Å²) < 4.78 is 44.8. The maximum atomic E-state index is 12.4. The maximum Gasteiger partial charge on any atom is 0.471 e. The third-order valence-electron chi connectivity index (χ3n) is 3.30. The Morgan fingerprint density at radius 2 is 2.04 bits per heavy atom. The third-order valence-corrected chi connectivity index (χ3v) is 3.30. The Morgan fingerprint density at radius 3 is 2.67 bits per heavy atom. The molecule has 24 heavy (non-hydrogen) atoms. The van der Waals surface area contributed by atoms with Crippen LogP contribution in [-0.4, -0.2) is 24.3 Å². The normalized spacial score (nSPS) is 11.8. The van der Waals surface area contributed by atoms with Gasteiger partial charge < -0.3 is 13.7 Å². The zero-order valence-electron chi connectivity index (χ0n) is 12.3. The van der Waals surface area contributed by atoms with Gasteiger partial charge in [0.15, 0.2) is 0 Å². The first-order valence-corrected chi connectivity index (χ1v) is 7.01. The minimum Gasteiger partial charge on any atom is -0.337 e. The molecule has 0 N–H and O–H groups in total. The molecule has 0 bridgehead atoms. The van der Waals surface area contributed by atoms with Gasteiger partial charge in [-0.25, -0.2) is 4.98 Å². The molecule has 0 spiro atoms. The summed E-state index contributed by atoms with van der Waals surface area (Å²) in [6.45, 7) is 1.17. The predicted octanol–water partition coefficient (Wildman–Crippen LogP) is 2.20. The van der Waals surface area contributed by atoms with Crippen LogP contribution in [0.25, 0.3) is 11.4 Å². The van der Waals surface area contributed by atoms with Crippen LogP contribution in [0.15, 0.2) is 46.4 Å². The Hall–Kier alpha value is -2.91. The molecule has 0 amide bonds. The van der Waals surface area contributed by atoms with E-state index in [0.29, 0.717) is 19.5 Å². The van der Waals surface area contributed by atoms with Crippen molar-refractivity contribution in [1.29, 1.82) is 0 Å². The van der Waals surface area contributed by atoms with Crippen LogP contribution in [0.1, 0.15) is 12.3 Å². The van der Waals surface area contributed by atoms with Crippen LogP contribution in [0.2, 0.25) is 0 Å². The lowest BCUT2D eigenvalue weighted by molar-refractivity contribution is -0.159. The highest BCUT2D eigenvalue weighted by molar-refractivity contribution is 5.52. The van der Waals surface area contributed by atoms with Crippen LogP contribution in [0.3, 0.4) is 0 Å². The van der Waals surface area contributed by atoms with Crippen LogP contribution in [0.4, 0.5) is 13.2 Å². The van der Waals surface area contributed by atoms with Crippen molar-refractivity contribution in [2.75, 3.05) is 0 Å². The van der Waals surface area contributed by atoms with E-state index in [0.717, 1.165) is 0 Å². The average molecular weight is 339 g/mol. The number of halogens is 3. The quantitative estimate of drug-likeness (QED) is 0.712. The highest BCUT2D eigenvalue weighted by atomic mass is 19.4. The second kappa shape index (κ2) is 6.30. The minimum atomic E-state index is -4.71. The lowest BCUT2D eigenvalue weighted by Gasteiger charge is -2.06. The van der Waals surface area contributed by atoms with E-state index >= 15 is 0 Å². The van der Waals surface area contributed by atoms with Crippen molar-refractivity contribution in [1.82, 2.24) is 24.3 Å². The molecule has 0 radical (unpaired) electrons. The zero-order valence-corrected chi connectivity index (χ0v) is 12.3. The van der Waals surface area contributed by atoms with Gasteiger partial charge in [0.25, 0.3) is 5.56 Å². The molecule has 126 valence electrons. The number of alkyl halides is 3. The Kier molecular flexibility index (Phi) is 4.19. The smallest absolute Gasteiger partial charge is 0.337 e. The van der Waals surface area contributed by atoms with Gasteiger partial charge >= 0.3 is 12.1 Å². The SMILES string of the molecule is O=c1cc(-c2noc(C(F)(F)F)n2)ccn1CCCn1ccnc1. The predicted molar refractivity (Wildman–Crippen MR) is 75.8 cm³/mol. The minimum absolute atomic E-state index is 0.171. The first kappa shape index (κ1) is 16.0. The van der Waals surface area contributed by atoms with Crippen LogP contribution < -0.4 is 5.56 Å². The van der Waals surface area contributed by atoms with E-state index in [1.54, 1.807) is 12.5 Å². The van der Waals surface area contributed by atoms with E-state index < -0.39 is 12.1 Å².